The summed E-state index contributed by atoms with van der Waals surface area (Å²) in [4.78, 5) is 0. The second-order valence-electron chi connectivity index (χ2n) is 3.03. The SMILES string of the molecule is CC(C)CCC/C=C\CN. The number of rotatable bonds is 5. The molecule has 0 unspecified atom stereocenters. The van der Waals surface area contributed by atoms with E-state index in [1.54, 1.807) is 0 Å². The van der Waals surface area contributed by atoms with E-state index in [1.165, 1.54) is 19.3 Å². The average Bonchev–Trinajstić information content (AvgIpc) is 1.87. The van der Waals surface area contributed by atoms with Crippen molar-refractivity contribution in [3.05, 3.63) is 12.2 Å². The van der Waals surface area contributed by atoms with E-state index >= 15 is 0 Å². The predicted octanol–water partition coefficient (Wildman–Crippen LogP) is 2.33. The van der Waals surface area contributed by atoms with Gasteiger partial charge >= 0.3 is 0 Å². The number of hydrogen-bond acceptors (Lipinski definition) is 1. The Morgan fingerprint density at radius 3 is 2.50 bits per heavy atom. The van der Waals surface area contributed by atoms with Crippen LogP contribution in [0.3, 0.4) is 0 Å². The van der Waals surface area contributed by atoms with Crippen molar-refractivity contribution in [2.75, 3.05) is 6.54 Å². The molecule has 0 aromatic carbocycles. The zero-order valence-electron chi connectivity index (χ0n) is 7.14. The molecule has 10 heavy (non-hydrogen) atoms. The summed E-state index contributed by atoms with van der Waals surface area (Å²) in [5.74, 6) is 0.839. The second kappa shape index (κ2) is 6.81. The van der Waals surface area contributed by atoms with Gasteiger partial charge in [-0.3, -0.25) is 0 Å². The van der Waals surface area contributed by atoms with Gasteiger partial charge in [-0.2, -0.15) is 0 Å². The standard InChI is InChI=1S/C9H19N/c1-9(2)7-5-3-4-6-8-10/h4,6,9H,3,5,7-8,10H2,1-2H3/b6-4-. The highest BCUT2D eigenvalue weighted by atomic mass is 14.5. The Labute approximate surface area is 64.3 Å². The summed E-state index contributed by atoms with van der Waals surface area (Å²) in [5.41, 5.74) is 5.28. The maximum absolute atomic E-state index is 5.28. The molecule has 0 fully saturated rings. The number of nitrogens with two attached hydrogens (primary N) is 1. The van der Waals surface area contributed by atoms with Crippen molar-refractivity contribution in [1.82, 2.24) is 0 Å². The zero-order chi connectivity index (χ0) is 7.82. The molecule has 0 radical (unpaired) electrons. The Balaban J connectivity index is 2.97. The minimum absolute atomic E-state index is 0.682. The maximum atomic E-state index is 5.28. The van der Waals surface area contributed by atoms with E-state index in [-0.39, 0.29) is 0 Å². The quantitative estimate of drug-likeness (QED) is 0.461. The molecule has 0 rings (SSSR count). The first-order valence-corrected chi connectivity index (χ1v) is 4.12. The molecule has 0 bridgehead atoms. The highest BCUT2D eigenvalue weighted by molar-refractivity contribution is 4.81. The second-order valence-corrected chi connectivity index (χ2v) is 3.03. The molecular formula is C9H19N. The first kappa shape index (κ1) is 9.70. The average molecular weight is 141 g/mol. The van der Waals surface area contributed by atoms with Gasteiger partial charge in [0.15, 0.2) is 0 Å². The van der Waals surface area contributed by atoms with E-state index in [4.69, 9.17) is 5.73 Å². The predicted molar refractivity (Wildman–Crippen MR) is 46.9 cm³/mol. The van der Waals surface area contributed by atoms with Crippen molar-refractivity contribution in [3.63, 3.8) is 0 Å². The normalized spacial score (nSPS) is 11.6. The minimum Gasteiger partial charge on any atom is -0.327 e. The van der Waals surface area contributed by atoms with Crippen molar-refractivity contribution >= 4 is 0 Å². The molecule has 0 amide bonds. The third-order valence-corrected chi connectivity index (χ3v) is 1.46. The number of allylic oxidation sites excluding steroid dienone is 1. The van der Waals surface area contributed by atoms with Crippen LogP contribution >= 0.6 is 0 Å². The summed E-state index contributed by atoms with van der Waals surface area (Å²) < 4.78 is 0. The van der Waals surface area contributed by atoms with Crippen LogP contribution in [0.4, 0.5) is 0 Å². The lowest BCUT2D eigenvalue weighted by molar-refractivity contribution is 0.559. The Morgan fingerprint density at radius 2 is 2.00 bits per heavy atom. The first-order valence-electron chi connectivity index (χ1n) is 4.12. The Hall–Kier alpha value is -0.300. The van der Waals surface area contributed by atoms with Crippen LogP contribution in [0.15, 0.2) is 12.2 Å². The summed E-state index contributed by atoms with van der Waals surface area (Å²) in [5, 5.41) is 0. The molecule has 0 aliphatic heterocycles. The summed E-state index contributed by atoms with van der Waals surface area (Å²) in [6, 6.07) is 0. The van der Waals surface area contributed by atoms with Crippen LogP contribution in [0, 0.1) is 5.92 Å². The summed E-state index contributed by atoms with van der Waals surface area (Å²) in [6.07, 6.45) is 8.02. The van der Waals surface area contributed by atoms with Crippen LogP contribution in [-0.4, -0.2) is 6.54 Å². The molecule has 1 heteroatoms. The monoisotopic (exact) mass is 141 g/mol. The molecule has 0 spiro atoms. The minimum atomic E-state index is 0.682. The van der Waals surface area contributed by atoms with Gasteiger partial charge in [0.2, 0.25) is 0 Å². The molecule has 0 aromatic heterocycles. The summed E-state index contributed by atoms with van der Waals surface area (Å²) in [6.45, 7) is 5.20. The van der Waals surface area contributed by atoms with Crippen LogP contribution in [0.2, 0.25) is 0 Å². The number of unbranched alkanes of at least 4 members (excludes halogenated alkanes) is 1. The summed E-state index contributed by atoms with van der Waals surface area (Å²) in [7, 11) is 0. The topological polar surface area (TPSA) is 26.0 Å². The van der Waals surface area contributed by atoms with Crippen LogP contribution < -0.4 is 5.73 Å². The van der Waals surface area contributed by atoms with Crippen molar-refractivity contribution in [2.45, 2.75) is 33.1 Å². The molecule has 0 aliphatic rings. The van der Waals surface area contributed by atoms with E-state index in [1.807, 2.05) is 6.08 Å². The Morgan fingerprint density at radius 1 is 1.30 bits per heavy atom. The lowest BCUT2D eigenvalue weighted by Gasteiger charge is -2.00. The molecule has 0 heterocycles. The molecule has 1 nitrogen and oxygen atoms in total. The fraction of sp³-hybridized carbons (Fsp3) is 0.778. The van der Waals surface area contributed by atoms with E-state index < -0.39 is 0 Å². The van der Waals surface area contributed by atoms with Crippen LogP contribution in [0.1, 0.15) is 33.1 Å². The van der Waals surface area contributed by atoms with Gasteiger partial charge in [-0.15, -0.1) is 0 Å². The first-order chi connectivity index (χ1) is 4.77. The van der Waals surface area contributed by atoms with Gasteiger partial charge in [-0.25, -0.2) is 0 Å². The largest absolute Gasteiger partial charge is 0.327 e. The Kier molecular flexibility index (Phi) is 6.61. The van der Waals surface area contributed by atoms with Crippen LogP contribution in [0.25, 0.3) is 0 Å². The fourth-order valence-corrected chi connectivity index (χ4v) is 0.858. The molecule has 2 N–H and O–H groups in total. The van der Waals surface area contributed by atoms with E-state index in [0.29, 0.717) is 6.54 Å². The van der Waals surface area contributed by atoms with Crippen molar-refractivity contribution in [1.29, 1.82) is 0 Å². The van der Waals surface area contributed by atoms with Gasteiger partial charge in [-0.1, -0.05) is 32.4 Å². The van der Waals surface area contributed by atoms with E-state index in [2.05, 4.69) is 19.9 Å². The molecule has 0 atom stereocenters. The molecule has 60 valence electrons. The van der Waals surface area contributed by atoms with E-state index in [9.17, 15) is 0 Å². The lowest BCUT2D eigenvalue weighted by atomic mass is 10.1. The fourth-order valence-electron chi connectivity index (χ4n) is 0.858. The third-order valence-electron chi connectivity index (χ3n) is 1.46. The number of hydrogen-bond donors (Lipinski definition) is 1. The highest BCUT2D eigenvalue weighted by Gasteiger charge is 1.90. The lowest BCUT2D eigenvalue weighted by Crippen LogP contribution is -1.92. The van der Waals surface area contributed by atoms with Gasteiger partial charge in [0.05, 0.1) is 0 Å². The van der Waals surface area contributed by atoms with E-state index in [0.717, 1.165) is 5.92 Å². The van der Waals surface area contributed by atoms with Crippen molar-refractivity contribution in [3.8, 4) is 0 Å². The molecule has 0 saturated heterocycles. The van der Waals surface area contributed by atoms with Crippen molar-refractivity contribution < 1.29 is 0 Å². The van der Waals surface area contributed by atoms with Crippen LogP contribution in [0.5, 0.6) is 0 Å². The van der Waals surface area contributed by atoms with Gasteiger partial charge in [0, 0.05) is 6.54 Å². The highest BCUT2D eigenvalue weighted by Crippen LogP contribution is 2.05. The van der Waals surface area contributed by atoms with Gasteiger partial charge in [0.25, 0.3) is 0 Å². The molecule has 0 aliphatic carbocycles. The van der Waals surface area contributed by atoms with Crippen LogP contribution in [-0.2, 0) is 0 Å². The summed E-state index contributed by atoms with van der Waals surface area (Å²) >= 11 is 0. The van der Waals surface area contributed by atoms with Crippen molar-refractivity contribution in [2.24, 2.45) is 11.7 Å². The molecular weight excluding hydrogens is 122 g/mol. The zero-order valence-corrected chi connectivity index (χ0v) is 7.14. The molecule has 0 aromatic rings. The van der Waals surface area contributed by atoms with Gasteiger partial charge in [0.1, 0.15) is 0 Å². The maximum Gasteiger partial charge on any atom is 0.0106 e. The smallest absolute Gasteiger partial charge is 0.0106 e. The van der Waals surface area contributed by atoms with Gasteiger partial charge in [-0.05, 0) is 18.8 Å². The Bertz CT molecular complexity index is 84.7. The third kappa shape index (κ3) is 7.70. The van der Waals surface area contributed by atoms with Gasteiger partial charge < -0.3 is 5.73 Å². The molecule has 0 saturated carbocycles.